The molecule has 0 atom stereocenters. The molecule has 0 aliphatic heterocycles. The maximum absolute atomic E-state index is 4.95. The maximum Gasteiger partial charge on any atom is 0.0668 e. The molecule has 1 fully saturated rings. The maximum atomic E-state index is 4.95. The molecular weight excluding hydrogens is 350 g/mol. The Labute approximate surface area is 177 Å². The highest BCUT2D eigenvalue weighted by Gasteiger charge is 2.20. The third-order valence-corrected chi connectivity index (χ3v) is 6.74. The highest BCUT2D eigenvalue weighted by atomic mass is 14.7. The van der Waals surface area contributed by atoms with Crippen LogP contribution < -0.4 is 0 Å². The Morgan fingerprint density at radius 1 is 0.897 bits per heavy atom. The molecule has 2 aromatic rings. The summed E-state index contributed by atoms with van der Waals surface area (Å²) >= 11 is 0. The van der Waals surface area contributed by atoms with Crippen LogP contribution in [0.3, 0.4) is 0 Å². The van der Waals surface area contributed by atoms with Crippen LogP contribution in [0.15, 0.2) is 60.2 Å². The highest BCUT2D eigenvalue weighted by molar-refractivity contribution is 5.69. The van der Waals surface area contributed by atoms with Gasteiger partial charge in [-0.3, -0.25) is 4.98 Å². The molecule has 0 bridgehead atoms. The van der Waals surface area contributed by atoms with Crippen molar-refractivity contribution in [1.29, 1.82) is 0 Å². The van der Waals surface area contributed by atoms with E-state index in [-0.39, 0.29) is 0 Å². The van der Waals surface area contributed by atoms with Crippen molar-refractivity contribution >= 4 is 5.57 Å². The van der Waals surface area contributed by atoms with Gasteiger partial charge in [0.1, 0.15) is 0 Å². The van der Waals surface area contributed by atoms with E-state index in [1.54, 1.807) is 0 Å². The average molecular weight is 386 g/mol. The first-order valence-electron chi connectivity index (χ1n) is 11.6. The summed E-state index contributed by atoms with van der Waals surface area (Å²) in [6.07, 6.45) is 16.1. The number of aromatic nitrogens is 1. The second-order valence-electron chi connectivity index (χ2n) is 9.27. The first kappa shape index (κ1) is 20.1. The first-order chi connectivity index (χ1) is 14.2. The van der Waals surface area contributed by atoms with E-state index in [4.69, 9.17) is 4.98 Å². The Morgan fingerprint density at radius 3 is 2.41 bits per heavy atom. The second-order valence-corrected chi connectivity index (χ2v) is 9.27. The SMILES string of the molecule is CCCC1CCC(Cc2cccc(Cc3cccc(C4=CC=C(C)C4)n3)c2)CC1. The molecule has 0 radical (unpaired) electrons. The minimum atomic E-state index is 0.879. The fourth-order valence-corrected chi connectivity index (χ4v) is 5.14. The summed E-state index contributed by atoms with van der Waals surface area (Å²) in [5.74, 6) is 1.87. The van der Waals surface area contributed by atoms with E-state index >= 15 is 0 Å². The molecule has 152 valence electrons. The Balaban J connectivity index is 1.37. The highest BCUT2D eigenvalue weighted by Crippen LogP contribution is 2.33. The summed E-state index contributed by atoms with van der Waals surface area (Å²) in [6, 6.07) is 15.7. The average Bonchev–Trinajstić information content (AvgIpc) is 3.17. The van der Waals surface area contributed by atoms with Gasteiger partial charge in [-0.2, -0.15) is 0 Å². The molecule has 1 nitrogen and oxygen atoms in total. The minimum Gasteiger partial charge on any atom is -0.253 e. The van der Waals surface area contributed by atoms with E-state index in [1.807, 2.05) is 0 Å². The molecule has 2 aliphatic rings. The van der Waals surface area contributed by atoms with Crippen molar-refractivity contribution in [3.05, 3.63) is 82.7 Å². The molecule has 1 saturated carbocycles. The van der Waals surface area contributed by atoms with Crippen molar-refractivity contribution in [2.75, 3.05) is 0 Å². The fourth-order valence-electron chi connectivity index (χ4n) is 5.14. The number of allylic oxidation sites excluding steroid dienone is 4. The normalized spacial score (nSPS) is 21.7. The lowest BCUT2D eigenvalue weighted by Crippen LogP contribution is -2.16. The molecule has 1 heterocycles. The van der Waals surface area contributed by atoms with Crippen LogP contribution in [0.1, 0.15) is 81.3 Å². The van der Waals surface area contributed by atoms with Gasteiger partial charge in [-0.25, -0.2) is 0 Å². The van der Waals surface area contributed by atoms with Crippen LogP contribution in [0.5, 0.6) is 0 Å². The number of benzene rings is 1. The zero-order chi connectivity index (χ0) is 20.1. The molecule has 0 saturated heterocycles. The van der Waals surface area contributed by atoms with Crippen LogP contribution >= 0.6 is 0 Å². The van der Waals surface area contributed by atoms with E-state index in [2.05, 4.69) is 68.5 Å². The summed E-state index contributed by atoms with van der Waals surface area (Å²) in [4.78, 5) is 4.95. The smallest absolute Gasteiger partial charge is 0.0668 e. The zero-order valence-corrected chi connectivity index (χ0v) is 18.2. The molecular formula is C28H35N. The summed E-state index contributed by atoms with van der Waals surface area (Å²) < 4.78 is 0. The molecule has 1 heteroatoms. The summed E-state index contributed by atoms with van der Waals surface area (Å²) in [5.41, 5.74) is 7.97. The second kappa shape index (κ2) is 9.57. The third-order valence-electron chi connectivity index (χ3n) is 6.74. The van der Waals surface area contributed by atoms with Gasteiger partial charge in [-0.1, -0.05) is 80.7 Å². The van der Waals surface area contributed by atoms with Crippen LogP contribution in [-0.2, 0) is 12.8 Å². The molecule has 0 unspecified atom stereocenters. The fraction of sp³-hybridized carbons (Fsp3) is 0.464. The number of rotatable bonds is 7. The van der Waals surface area contributed by atoms with Crippen molar-refractivity contribution in [3.8, 4) is 0 Å². The molecule has 4 rings (SSSR count). The number of pyridine rings is 1. The van der Waals surface area contributed by atoms with Crippen molar-refractivity contribution < 1.29 is 0 Å². The first-order valence-corrected chi connectivity index (χ1v) is 11.6. The van der Waals surface area contributed by atoms with Crippen LogP contribution in [0.2, 0.25) is 0 Å². The number of nitrogens with zero attached hydrogens (tertiary/aromatic N) is 1. The standard InChI is InChI=1S/C28H35N/c1-3-6-22-12-14-23(15-13-22)18-24-7-4-8-25(19-24)20-27-9-5-10-28(29-27)26-16-11-21(2)17-26/h4-5,7-11,16,19,22-23H,3,6,12-15,17-18,20H2,1-2H3. The Bertz CT molecular complexity index is 881. The Kier molecular flexibility index (Phi) is 6.64. The van der Waals surface area contributed by atoms with E-state index in [0.717, 1.165) is 30.4 Å². The van der Waals surface area contributed by atoms with E-state index in [9.17, 15) is 0 Å². The lowest BCUT2D eigenvalue weighted by atomic mass is 9.78. The van der Waals surface area contributed by atoms with Crippen molar-refractivity contribution in [2.24, 2.45) is 11.8 Å². The molecule has 0 N–H and O–H groups in total. The van der Waals surface area contributed by atoms with Crippen LogP contribution in [0.25, 0.3) is 5.57 Å². The predicted molar refractivity (Wildman–Crippen MR) is 124 cm³/mol. The predicted octanol–water partition coefficient (Wildman–Crippen LogP) is 7.55. The lowest BCUT2D eigenvalue weighted by Gasteiger charge is -2.28. The van der Waals surface area contributed by atoms with Gasteiger partial charge < -0.3 is 0 Å². The van der Waals surface area contributed by atoms with E-state index < -0.39 is 0 Å². The quantitative estimate of drug-likeness (QED) is 0.479. The molecule has 0 spiro atoms. The number of hydrogen-bond donors (Lipinski definition) is 0. The van der Waals surface area contributed by atoms with Gasteiger partial charge in [0.15, 0.2) is 0 Å². The largest absolute Gasteiger partial charge is 0.253 e. The van der Waals surface area contributed by atoms with Crippen LogP contribution in [0, 0.1) is 11.8 Å². The van der Waals surface area contributed by atoms with E-state index in [0.29, 0.717) is 0 Å². The molecule has 1 aromatic carbocycles. The summed E-state index contributed by atoms with van der Waals surface area (Å²) in [5, 5.41) is 0. The van der Waals surface area contributed by atoms with Gasteiger partial charge in [0, 0.05) is 12.1 Å². The molecule has 0 amide bonds. The third kappa shape index (κ3) is 5.47. The topological polar surface area (TPSA) is 12.9 Å². The van der Waals surface area contributed by atoms with Crippen LogP contribution in [0.4, 0.5) is 0 Å². The Morgan fingerprint density at radius 2 is 1.66 bits per heavy atom. The van der Waals surface area contributed by atoms with Gasteiger partial charge >= 0.3 is 0 Å². The van der Waals surface area contributed by atoms with Gasteiger partial charge in [0.05, 0.1) is 5.69 Å². The summed E-state index contributed by atoms with van der Waals surface area (Å²) in [7, 11) is 0. The lowest BCUT2D eigenvalue weighted by molar-refractivity contribution is 0.261. The Hall–Kier alpha value is -2.15. The van der Waals surface area contributed by atoms with Gasteiger partial charge in [0.25, 0.3) is 0 Å². The van der Waals surface area contributed by atoms with Gasteiger partial charge in [-0.05, 0) is 73.3 Å². The van der Waals surface area contributed by atoms with E-state index in [1.165, 1.54) is 72.9 Å². The zero-order valence-electron chi connectivity index (χ0n) is 18.2. The molecule has 2 aliphatic carbocycles. The molecule has 29 heavy (non-hydrogen) atoms. The summed E-state index contributed by atoms with van der Waals surface area (Å²) in [6.45, 7) is 4.51. The van der Waals surface area contributed by atoms with Crippen LogP contribution in [-0.4, -0.2) is 4.98 Å². The number of hydrogen-bond acceptors (Lipinski definition) is 1. The van der Waals surface area contributed by atoms with Crippen molar-refractivity contribution in [2.45, 2.75) is 71.6 Å². The van der Waals surface area contributed by atoms with Gasteiger partial charge in [-0.15, -0.1) is 0 Å². The monoisotopic (exact) mass is 385 g/mol. The van der Waals surface area contributed by atoms with Crippen molar-refractivity contribution in [1.82, 2.24) is 4.98 Å². The van der Waals surface area contributed by atoms with Gasteiger partial charge in [0.2, 0.25) is 0 Å². The van der Waals surface area contributed by atoms with Crippen molar-refractivity contribution in [3.63, 3.8) is 0 Å². The molecule has 1 aromatic heterocycles. The minimum absolute atomic E-state index is 0.879.